The van der Waals surface area contributed by atoms with E-state index < -0.39 is 0 Å². The van der Waals surface area contributed by atoms with Gasteiger partial charge in [-0.25, -0.2) is 0 Å². The Morgan fingerprint density at radius 2 is 1.72 bits per heavy atom. The second kappa shape index (κ2) is 8.26. The number of hydrogen-bond donors (Lipinski definition) is 0. The van der Waals surface area contributed by atoms with Crippen molar-refractivity contribution in [1.82, 2.24) is 4.90 Å². The summed E-state index contributed by atoms with van der Waals surface area (Å²) in [6.07, 6.45) is 0. The monoisotopic (exact) mass is 340 g/mol. The highest BCUT2D eigenvalue weighted by Crippen LogP contribution is 2.29. The molecular weight excluding hydrogens is 312 g/mol. The summed E-state index contributed by atoms with van der Waals surface area (Å²) in [5.41, 5.74) is 3.99. The van der Waals surface area contributed by atoms with Gasteiger partial charge in [0.2, 0.25) is 0 Å². The Balaban J connectivity index is 1.61. The fourth-order valence-electron chi connectivity index (χ4n) is 3.41. The Labute approximate surface area is 151 Å². The molecule has 4 heteroatoms. The van der Waals surface area contributed by atoms with E-state index >= 15 is 0 Å². The van der Waals surface area contributed by atoms with Crippen LogP contribution in [0.15, 0.2) is 42.5 Å². The molecule has 1 aliphatic heterocycles. The number of piperazine rings is 1. The summed E-state index contributed by atoms with van der Waals surface area (Å²) in [7, 11) is 1.68. The summed E-state index contributed by atoms with van der Waals surface area (Å²) < 4.78 is 11.1. The van der Waals surface area contributed by atoms with Gasteiger partial charge in [-0.15, -0.1) is 0 Å². The summed E-state index contributed by atoms with van der Waals surface area (Å²) in [5, 5.41) is 0. The number of anilines is 1. The molecule has 0 aliphatic carbocycles. The van der Waals surface area contributed by atoms with E-state index in [0.29, 0.717) is 6.61 Å². The molecule has 1 fully saturated rings. The Morgan fingerprint density at radius 1 is 0.960 bits per heavy atom. The van der Waals surface area contributed by atoms with Crippen LogP contribution in [0.4, 0.5) is 5.69 Å². The predicted molar refractivity (Wildman–Crippen MR) is 103 cm³/mol. The van der Waals surface area contributed by atoms with Crippen LogP contribution in [0.1, 0.15) is 18.1 Å². The molecule has 0 radical (unpaired) electrons. The number of hydrogen-bond acceptors (Lipinski definition) is 4. The molecular formula is C21H28N2O2. The van der Waals surface area contributed by atoms with Crippen LogP contribution in [0.3, 0.4) is 0 Å². The zero-order chi connectivity index (χ0) is 17.6. The Bertz CT molecular complexity index is 694. The summed E-state index contributed by atoms with van der Waals surface area (Å²) in [4.78, 5) is 5.00. The first kappa shape index (κ1) is 17.6. The number of ether oxygens (including phenoxy) is 2. The molecule has 0 atom stereocenters. The molecule has 0 unspecified atom stereocenters. The van der Waals surface area contributed by atoms with Crippen molar-refractivity contribution in [1.29, 1.82) is 0 Å². The molecule has 0 spiro atoms. The van der Waals surface area contributed by atoms with Gasteiger partial charge in [0, 0.05) is 38.4 Å². The first-order valence-corrected chi connectivity index (χ1v) is 9.04. The standard InChI is InChI=1S/C21H28N2O2/c1-4-25-21-15-18(9-10-20(21)24-3)16-22-11-13-23(14-12-22)19-8-6-5-7-17(19)2/h5-10,15H,4,11-14,16H2,1-3H3. The molecule has 134 valence electrons. The van der Waals surface area contributed by atoms with E-state index in [9.17, 15) is 0 Å². The normalized spacial score (nSPS) is 15.2. The minimum atomic E-state index is 0.648. The van der Waals surface area contributed by atoms with E-state index in [-0.39, 0.29) is 0 Å². The van der Waals surface area contributed by atoms with Gasteiger partial charge < -0.3 is 14.4 Å². The summed E-state index contributed by atoms with van der Waals surface area (Å²) >= 11 is 0. The van der Waals surface area contributed by atoms with Gasteiger partial charge in [-0.05, 0) is 43.2 Å². The average Bonchev–Trinajstić information content (AvgIpc) is 2.64. The van der Waals surface area contributed by atoms with Crippen molar-refractivity contribution < 1.29 is 9.47 Å². The van der Waals surface area contributed by atoms with Crippen molar-refractivity contribution in [2.75, 3.05) is 44.8 Å². The maximum atomic E-state index is 5.69. The number of aryl methyl sites for hydroxylation is 1. The lowest BCUT2D eigenvalue weighted by Gasteiger charge is -2.36. The first-order chi connectivity index (χ1) is 12.2. The van der Waals surface area contributed by atoms with Crippen LogP contribution in [-0.2, 0) is 6.54 Å². The minimum absolute atomic E-state index is 0.648. The molecule has 3 rings (SSSR count). The van der Waals surface area contributed by atoms with Crippen molar-refractivity contribution in [2.45, 2.75) is 20.4 Å². The van der Waals surface area contributed by atoms with Gasteiger partial charge in [-0.3, -0.25) is 4.90 Å². The van der Waals surface area contributed by atoms with Gasteiger partial charge in [-0.2, -0.15) is 0 Å². The molecule has 2 aromatic carbocycles. The van der Waals surface area contributed by atoms with E-state index in [1.54, 1.807) is 7.11 Å². The molecule has 0 N–H and O–H groups in total. The van der Waals surface area contributed by atoms with Crippen LogP contribution in [-0.4, -0.2) is 44.8 Å². The highest BCUT2D eigenvalue weighted by molar-refractivity contribution is 5.53. The average molecular weight is 340 g/mol. The number of benzene rings is 2. The Hall–Kier alpha value is -2.20. The predicted octanol–water partition coefficient (Wildman–Crippen LogP) is 3.72. The lowest BCUT2D eigenvalue weighted by molar-refractivity contribution is 0.248. The lowest BCUT2D eigenvalue weighted by atomic mass is 10.1. The summed E-state index contributed by atoms with van der Waals surface area (Å²) in [6, 6.07) is 14.9. The molecule has 0 bridgehead atoms. The maximum absolute atomic E-state index is 5.69. The second-order valence-corrected chi connectivity index (χ2v) is 6.47. The zero-order valence-corrected chi connectivity index (χ0v) is 15.5. The van der Waals surface area contributed by atoms with Crippen molar-refractivity contribution in [3.8, 4) is 11.5 Å². The van der Waals surface area contributed by atoms with E-state index in [0.717, 1.165) is 44.2 Å². The third-order valence-corrected chi connectivity index (χ3v) is 4.76. The molecule has 0 amide bonds. The third-order valence-electron chi connectivity index (χ3n) is 4.76. The Morgan fingerprint density at radius 3 is 2.40 bits per heavy atom. The quantitative estimate of drug-likeness (QED) is 0.800. The van der Waals surface area contributed by atoms with Gasteiger partial charge in [-0.1, -0.05) is 24.3 Å². The van der Waals surface area contributed by atoms with E-state index in [1.165, 1.54) is 16.8 Å². The van der Waals surface area contributed by atoms with Gasteiger partial charge in [0.1, 0.15) is 0 Å². The highest BCUT2D eigenvalue weighted by atomic mass is 16.5. The van der Waals surface area contributed by atoms with E-state index in [1.807, 2.05) is 13.0 Å². The van der Waals surface area contributed by atoms with E-state index in [4.69, 9.17) is 9.47 Å². The number of nitrogens with zero attached hydrogens (tertiary/aromatic N) is 2. The largest absolute Gasteiger partial charge is 0.493 e. The van der Waals surface area contributed by atoms with Crippen LogP contribution in [0.25, 0.3) is 0 Å². The fourth-order valence-corrected chi connectivity index (χ4v) is 3.41. The maximum Gasteiger partial charge on any atom is 0.161 e. The molecule has 2 aromatic rings. The summed E-state index contributed by atoms with van der Waals surface area (Å²) in [6.45, 7) is 10.1. The van der Waals surface area contributed by atoms with Crippen molar-refractivity contribution >= 4 is 5.69 Å². The van der Waals surface area contributed by atoms with Crippen molar-refractivity contribution in [2.24, 2.45) is 0 Å². The van der Waals surface area contributed by atoms with E-state index in [2.05, 4.69) is 53.1 Å². The number of para-hydroxylation sites is 1. The van der Waals surface area contributed by atoms with Crippen LogP contribution < -0.4 is 14.4 Å². The highest BCUT2D eigenvalue weighted by Gasteiger charge is 2.18. The number of methoxy groups -OCH3 is 1. The van der Waals surface area contributed by atoms with Gasteiger partial charge in [0.05, 0.1) is 13.7 Å². The molecule has 1 saturated heterocycles. The van der Waals surface area contributed by atoms with Crippen LogP contribution in [0.2, 0.25) is 0 Å². The smallest absolute Gasteiger partial charge is 0.161 e. The fraction of sp³-hybridized carbons (Fsp3) is 0.429. The van der Waals surface area contributed by atoms with Crippen LogP contribution >= 0.6 is 0 Å². The lowest BCUT2D eigenvalue weighted by Crippen LogP contribution is -2.46. The zero-order valence-electron chi connectivity index (χ0n) is 15.5. The van der Waals surface area contributed by atoms with Crippen LogP contribution in [0, 0.1) is 6.92 Å². The summed E-state index contributed by atoms with van der Waals surface area (Å²) in [5.74, 6) is 1.64. The van der Waals surface area contributed by atoms with Gasteiger partial charge in [0.15, 0.2) is 11.5 Å². The topological polar surface area (TPSA) is 24.9 Å². The molecule has 0 saturated carbocycles. The molecule has 4 nitrogen and oxygen atoms in total. The molecule has 25 heavy (non-hydrogen) atoms. The Kier molecular flexibility index (Phi) is 5.82. The van der Waals surface area contributed by atoms with Crippen molar-refractivity contribution in [3.63, 3.8) is 0 Å². The number of rotatable bonds is 6. The van der Waals surface area contributed by atoms with Gasteiger partial charge >= 0.3 is 0 Å². The van der Waals surface area contributed by atoms with Gasteiger partial charge in [0.25, 0.3) is 0 Å². The SMILES string of the molecule is CCOc1cc(CN2CCN(c3ccccc3C)CC2)ccc1OC. The van der Waals surface area contributed by atoms with Crippen molar-refractivity contribution in [3.05, 3.63) is 53.6 Å². The first-order valence-electron chi connectivity index (χ1n) is 9.04. The molecule has 1 heterocycles. The minimum Gasteiger partial charge on any atom is -0.493 e. The molecule has 1 aliphatic rings. The molecule has 0 aromatic heterocycles. The van der Waals surface area contributed by atoms with Crippen LogP contribution in [0.5, 0.6) is 11.5 Å². The second-order valence-electron chi connectivity index (χ2n) is 6.47. The third kappa shape index (κ3) is 4.26.